The molecule has 0 heterocycles. The lowest BCUT2D eigenvalue weighted by atomic mass is 10.2. The van der Waals surface area contributed by atoms with E-state index in [2.05, 4.69) is 0 Å². The van der Waals surface area contributed by atoms with Gasteiger partial charge in [-0.15, -0.1) is 0 Å². The molecule has 7 nitrogen and oxygen atoms in total. The third kappa shape index (κ3) is 8.89. The molecule has 1 aromatic rings. The molecule has 0 saturated heterocycles. The van der Waals surface area contributed by atoms with Gasteiger partial charge in [0.15, 0.2) is 0 Å². The molecule has 0 fully saturated rings. The van der Waals surface area contributed by atoms with Crippen LogP contribution in [0.3, 0.4) is 0 Å². The minimum atomic E-state index is -4.07. The Labute approximate surface area is 172 Å². The molecule has 0 aliphatic rings. The van der Waals surface area contributed by atoms with Gasteiger partial charge in [-0.25, -0.2) is 12.7 Å². The van der Waals surface area contributed by atoms with Gasteiger partial charge in [0.1, 0.15) is 5.76 Å². The summed E-state index contributed by atoms with van der Waals surface area (Å²) in [6.45, 7) is 6.27. The van der Waals surface area contributed by atoms with Crippen molar-refractivity contribution in [3.8, 4) is 0 Å². The molecule has 1 amide bonds. The SMILES string of the molecule is CC=C(C=CS(=O)(=O)N(C(C)=O)C(C)C=CCOCc1ccccc1)OC(C)=O. The maximum absolute atomic E-state index is 12.6. The Morgan fingerprint density at radius 1 is 1.17 bits per heavy atom. The number of carbonyl (C=O) groups excluding carboxylic acids is 2. The van der Waals surface area contributed by atoms with Crippen molar-refractivity contribution >= 4 is 21.9 Å². The molecule has 0 N–H and O–H groups in total. The molecule has 0 spiro atoms. The zero-order valence-electron chi connectivity index (χ0n) is 17.1. The fourth-order valence-corrected chi connectivity index (χ4v) is 3.75. The normalized spacial score (nSPS) is 13.6. The predicted octanol–water partition coefficient (Wildman–Crippen LogP) is 3.31. The summed E-state index contributed by atoms with van der Waals surface area (Å²) in [6, 6.07) is 8.92. The van der Waals surface area contributed by atoms with E-state index in [0.29, 0.717) is 6.61 Å². The summed E-state index contributed by atoms with van der Waals surface area (Å²) < 4.78 is 36.3. The lowest BCUT2D eigenvalue weighted by Crippen LogP contribution is -2.40. The molecule has 0 bridgehead atoms. The molecule has 0 radical (unpaired) electrons. The lowest BCUT2D eigenvalue weighted by Gasteiger charge is -2.23. The van der Waals surface area contributed by atoms with E-state index in [0.717, 1.165) is 21.4 Å². The van der Waals surface area contributed by atoms with Crippen molar-refractivity contribution in [3.05, 3.63) is 71.4 Å². The number of esters is 1. The second-order valence-corrected chi connectivity index (χ2v) is 7.81. The number of amides is 1. The summed E-state index contributed by atoms with van der Waals surface area (Å²) in [4.78, 5) is 23.0. The summed E-state index contributed by atoms with van der Waals surface area (Å²) in [5.41, 5.74) is 1.03. The zero-order chi connectivity index (χ0) is 21.9. The number of ether oxygens (including phenoxy) is 2. The summed E-state index contributed by atoms with van der Waals surface area (Å²) in [5.74, 6) is -1.14. The van der Waals surface area contributed by atoms with Crippen LogP contribution >= 0.6 is 0 Å². The molecular formula is C21H27NO6S. The fourth-order valence-electron chi connectivity index (χ4n) is 2.42. The second kappa shape index (κ2) is 12.0. The minimum Gasteiger partial charge on any atom is -0.427 e. The summed E-state index contributed by atoms with van der Waals surface area (Å²) >= 11 is 0. The van der Waals surface area contributed by atoms with Gasteiger partial charge < -0.3 is 9.47 Å². The predicted molar refractivity (Wildman–Crippen MR) is 111 cm³/mol. The molecule has 0 aliphatic carbocycles. The Kier molecular flexibility index (Phi) is 10.1. The molecule has 1 aromatic carbocycles. The van der Waals surface area contributed by atoms with Crippen LogP contribution in [0.25, 0.3) is 0 Å². The van der Waals surface area contributed by atoms with E-state index in [9.17, 15) is 18.0 Å². The van der Waals surface area contributed by atoms with E-state index in [-0.39, 0.29) is 12.4 Å². The molecule has 158 valence electrons. The molecule has 1 atom stereocenters. The first-order valence-corrected chi connectivity index (χ1v) is 10.5. The number of allylic oxidation sites excluding steroid dienone is 2. The van der Waals surface area contributed by atoms with E-state index < -0.39 is 27.9 Å². The average Bonchev–Trinajstić information content (AvgIpc) is 2.65. The topological polar surface area (TPSA) is 90.0 Å². The Hall–Kier alpha value is -2.71. The van der Waals surface area contributed by atoms with Gasteiger partial charge in [0.25, 0.3) is 10.0 Å². The van der Waals surface area contributed by atoms with Crippen molar-refractivity contribution in [3.63, 3.8) is 0 Å². The Morgan fingerprint density at radius 2 is 1.83 bits per heavy atom. The van der Waals surface area contributed by atoms with Crippen molar-refractivity contribution < 1.29 is 27.5 Å². The van der Waals surface area contributed by atoms with Crippen LogP contribution in [0.1, 0.15) is 33.3 Å². The summed E-state index contributed by atoms with van der Waals surface area (Å²) in [5, 5.41) is 0.836. The van der Waals surface area contributed by atoms with Crippen LogP contribution < -0.4 is 0 Å². The van der Waals surface area contributed by atoms with E-state index in [1.54, 1.807) is 26.0 Å². The van der Waals surface area contributed by atoms with Crippen LogP contribution in [-0.4, -0.2) is 37.2 Å². The van der Waals surface area contributed by atoms with Gasteiger partial charge in [0, 0.05) is 13.8 Å². The van der Waals surface area contributed by atoms with Crippen molar-refractivity contribution in [1.29, 1.82) is 0 Å². The number of carbonyl (C=O) groups is 2. The van der Waals surface area contributed by atoms with Gasteiger partial charge in [0.2, 0.25) is 5.91 Å². The standard InChI is InChI=1S/C21H27NO6S/c1-5-21(28-19(4)24)13-15-29(25,26)22(18(3)23)17(2)10-9-14-27-16-20-11-7-6-8-12-20/h5-13,15,17H,14,16H2,1-4H3. The van der Waals surface area contributed by atoms with Crippen LogP contribution in [0, 0.1) is 0 Å². The second-order valence-electron chi connectivity index (χ2n) is 6.12. The zero-order valence-corrected chi connectivity index (χ0v) is 17.9. The van der Waals surface area contributed by atoms with Crippen molar-refractivity contribution in [2.75, 3.05) is 6.61 Å². The third-order valence-electron chi connectivity index (χ3n) is 3.65. The highest BCUT2D eigenvalue weighted by Crippen LogP contribution is 2.13. The van der Waals surface area contributed by atoms with Crippen molar-refractivity contribution in [2.24, 2.45) is 0 Å². The molecule has 29 heavy (non-hydrogen) atoms. The highest BCUT2D eigenvalue weighted by molar-refractivity contribution is 7.92. The van der Waals surface area contributed by atoms with Crippen molar-refractivity contribution in [2.45, 2.75) is 40.3 Å². The Bertz CT molecular complexity index is 872. The maximum Gasteiger partial charge on any atom is 0.308 e. The van der Waals surface area contributed by atoms with E-state index >= 15 is 0 Å². The smallest absolute Gasteiger partial charge is 0.308 e. The van der Waals surface area contributed by atoms with E-state index in [1.807, 2.05) is 30.3 Å². The van der Waals surface area contributed by atoms with Crippen LogP contribution in [0.15, 0.2) is 65.8 Å². The first-order valence-electron chi connectivity index (χ1n) is 9.03. The fraction of sp³-hybridized carbons (Fsp3) is 0.333. The van der Waals surface area contributed by atoms with Gasteiger partial charge in [-0.2, -0.15) is 0 Å². The largest absolute Gasteiger partial charge is 0.427 e. The van der Waals surface area contributed by atoms with Crippen LogP contribution in [0.2, 0.25) is 0 Å². The van der Waals surface area contributed by atoms with Gasteiger partial charge >= 0.3 is 5.97 Å². The highest BCUT2D eigenvalue weighted by atomic mass is 32.2. The van der Waals surface area contributed by atoms with E-state index in [1.165, 1.54) is 19.9 Å². The quantitative estimate of drug-likeness (QED) is 0.189. The lowest BCUT2D eigenvalue weighted by molar-refractivity contribution is -0.136. The first-order chi connectivity index (χ1) is 13.7. The molecular weight excluding hydrogens is 394 g/mol. The maximum atomic E-state index is 12.6. The van der Waals surface area contributed by atoms with Gasteiger partial charge in [-0.1, -0.05) is 42.5 Å². The Morgan fingerprint density at radius 3 is 2.38 bits per heavy atom. The van der Waals surface area contributed by atoms with Crippen LogP contribution in [-0.2, 0) is 35.7 Å². The number of rotatable bonds is 10. The molecule has 8 heteroatoms. The molecule has 0 aromatic heterocycles. The first kappa shape index (κ1) is 24.3. The summed E-state index contributed by atoms with van der Waals surface area (Å²) in [7, 11) is -4.07. The van der Waals surface area contributed by atoms with Gasteiger partial charge in [-0.05, 0) is 31.6 Å². The molecule has 1 rings (SSSR count). The number of nitrogens with zero attached hydrogens (tertiary/aromatic N) is 1. The Balaban J connectivity index is 2.75. The highest BCUT2D eigenvalue weighted by Gasteiger charge is 2.26. The van der Waals surface area contributed by atoms with E-state index in [4.69, 9.17) is 9.47 Å². The van der Waals surface area contributed by atoms with Gasteiger partial charge in [-0.3, -0.25) is 9.59 Å². The number of hydrogen-bond acceptors (Lipinski definition) is 6. The number of sulfonamides is 1. The molecule has 0 aliphatic heterocycles. The third-order valence-corrected chi connectivity index (χ3v) is 5.26. The monoisotopic (exact) mass is 421 g/mol. The van der Waals surface area contributed by atoms with Crippen molar-refractivity contribution in [1.82, 2.24) is 4.31 Å². The molecule has 1 unspecified atom stereocenters. The molecule has 0 saturated carbocycles. The number of hydrogen-bond donors (Lipinski definition) is 0. The van der Waals surface area contributed by atoms with Crippen LogP contribution in [0.5, 0.6) is 0 Å². The average molecular weight is 422 g/mol. The number of benzene rings is 1. The minimum absolute atomic E-state index is 0.0714. The van der Waals surface area contributed by atoms with Gasteiger partial charge in [0.05, 0.1) is 24.7 Å². The summed E-state index contributed by atoms with van der Waals surface area (Å²) in [6.07, 6.45) is 5.82. The van der Waals surface area contributed by atoms with Crippen LogP contribution in [0.4, 0.5) is 0 Å².